The van der Waals surface area contributed by atoms with E-state index in [1.807, 2.05) is 0 Å². The summed E-state index contributed by atoms with van der Waals surface area (Å²) >= 11 is 0. The fraction of sp³-hybridized carbons (Fsp3) is 0.600. The third kappa shape index (κ3) is 5.13. The summed E-state index contributed by atoms with van der Waals surface area (Å²) < 4.78 is 23.2. The molecule has 3 N–H and O–H groups in total. The van der Waals surface area contributed by atoms with Crippen LogP contribution in [-0.2, 0) is 14.8 Å². The first-order chi connectivity index (χ1) is 5.89. The number of nitrogens with one attached hydrogen (secondary N) is 1. The van der Waals surface area contributed by atoms with Gasteiger partial charge in [0, 0.05) is 6.54 Å². The Balaban J connectivity index is 4.04. The number of aliphatic carboxylic acids is 1. The molecule has 0 spiro atoms. The van der Waals surface area contributed by atoms with Crippen LogP contribution >= 0.6 is 0 Å². The van der Waals surface area contributed by atoms with Crippen LogP contribution in [-0.4, -0.2) is 43.0 Å². The van der Waals surface area contributed by atoms with E-state index in [-0.39, 0.29) is 0 Å². The summed E-state index contributed by atoms with van der Waals surface area (Å²) in [5.41, 5.74) is 0. The molecule has 0 heterocycles. The van der Waals surface area contributed by atoms with Gasteiger partial charge in [0.25, 0.3) is 0 Å². The SMILES string of the molecule is N#CCS(=O)(=O)NCC(O)C(=O)O. The van der Waals surface area contributed by atoms with E-state index in [1.54, 1.807) is 4.72 Å². The lowest BCUT2D eigenvalue weighted by Gasteiger charge is -2.05. The number of rotatable bonds is 5. The van der Waals surface area contributed by atoms with Gasteiger partial charge < -0.3 is 10.2 Å². The van der Waals surface area contributed by atoms with Gasteiger partial charge in [-0.05, 0) is 0 Å². The molecule has 0 saturated carbocycles. The predicted octanol–water partition coefficient (Wildman–Crippen LogP) is -2.13. The molecule has 0 amide bonds. The quantitative estimate of drug-likeness (QED) is 0.473. The highest BCUT2D eigenvalue weighted by Crippen LogP contribution is 1.85. The second-order valence-electron chi connectivity index (χ2n) is 2.12. The highest BCUT2D eigenvalue weighted by molar-refractivity contribution is 7.89. The topological polar surface area (TPSA) is 127 Å². The minimum Gasteiger partial charge on any atom is -0.479 e. The molecule has 0 bridgehead atoms. The van der Waals surface area contributed by atoms with Crippen molar-refractivity contribution in [3.63, 3.8) is 0 Å². The number of carboxylic acid groups (broad SMARTS) is 1. The van der Waals surface area contributed by atoms with Gasteiger partial charge in [-0.2, -0.15) is 5.26 Å². The number of nitriles is 1. The van der Waals surface area contributed by atoms with E-state index in [0.29, 0.717) is 0 Å². The average molecular weight is 208 g/mol. The van der Waals surface area contributed by atoms with Crippen molar-refractivity contribution in [1.29, 1.82) is 5.26 Å². The van der Waals surface area contributed by atoms with Crippen molar-refractivity contribution in [3.8, 4) is 6.07 Å². The fourth-order valence-electron chi connectivity index (χ4n) is 0.429. The van der Waals surface area contributed by atoms with Crippen LogP contribution in [0, 0.1) is 11.3 Å². The Bertz CT molecular complexity index is 316. The normalized spacial score (nSPS) is 13.2. The zero-order valence-corrected chi connectivity index (χ0v) is 7.28. The average Bonchev–Trinajstić information content (AvgIpc) is 2.00. The number of hydrogen-bond acceptors (Lipinski definition) is 5. The lowest BCUT2D eigenvalue weighted by atomic mass is 10.4. The minimum absolute atomic E-state index is 0.640. The first kappa shape index (κ1) is 11.8. The molecule has 1 atom stereocenters. The summed E-state index contributed by atoms with van der Waals surface area (Å²) in [5.74, 6) is -2.29. The van der Waals surface area contributed by atoms with E-state index >= 15 is 0 Å². The molecule has 0 aromatic rings. The van der Waals surface area contributed by atoms with Crippen LogP contribution in [0.3, 0.4) is 0 Å². The van der Waals surface area contributed by atoms with Crippen LogP contribution in [0.1, 0.15) is 0 Å². The standard InChI is InChI=1S/C5H8N2O5S/c6-1-2-13(11,12)7-3-4(8)5(9)10/h4,7-8H,2-3H2,(H,9,10). The van der Waals surface area contributed by atoms with Gasteiger partial charge in [-0.3, -0.25) is 0 Å². The molecule has 0 radical (unpaired) electrons. The largest absolute Gasteiger partial charge is 0.479 e. The van der Waals surface area contributed by atoms with E-state index in [0.717, 1.165) is 0 Å². The number of nitrogens with zero attached hydrogens (tertiary/aromatic N) is 1. The van der Waals surface area contributed by atoms with E-state index in [4.69, 9.17) is 15.5 Å². The summed E-state index contributed by atoms with van der Waals surface area (Å²) in [6.45, 7) is -0.640. The second kappa shape index (κ2) is 4.76. The van der Waals surface area contributed by atoms with Crippen LogP contribution in [0.5, 0.6) is 0 Å². The molecule has 0 aromatic heterocycles. The van der Waals surface area contributed by atoms with Crippen LogP contribution in [0.15, 0.2) is 0 Å². The molecule has 0 aromatic carbocycles. The molecular weight excluding hydrogens is 200 g/mol. The van der Waals surface area contributed by atoms with Crippen molar-refractivity contribution in [2.45, 2.75) is 6.10 Å². The molecule has 0 aliphatic carbocycles. The van der Waals surface area contributed by atoms with Gasteiger partial charge in [0.1, 0.15) is 0 Å². The highest BCUT2D eigenvalue weighted by atomic mass is 32.2. The summed E-state index contributed by atoms with van der Waals surface area (Å²) in [6, 6.07) is 1.38. The van der Waals surface area contributed by atoms with Crippen LogP contribution in [0.4, 0.5) is 0 Å². The smallest absolute Gasteiger partial charge is 0.333 e. The van der Waals surface area contributed by atoms with E-state index in [2.05, 4.69) is 0 Å². The maximum absolute atomic E-state index is 10.7. The highest BCUT2D eigenvalue weighted by Gasteiger charge is 2.16. The first-order valence-corrected chi connectivity index (χ1v) is 4.79. The Hall–Kier alpha value is -1.17. The second-order valence-corrected chi connectivity index (χ2v) is 3.93. The van der Waals surface area contributed by atoms with Gasteiger partial charge in [0.05, 0.1) is 6.07 Å². The Kier molecular flexibility index (Phi) is 4.33. The zero-order chi connectivity index (χ0) is 10.5. The van der Waals surface area contributed by atoms with Crippen molar-refractivity contribution in [2.24, 2.45) is 0 Å². The summed E-state index contributed by atoms with van der Waals surface area (Å²) in [6.07, 6.45) is -1.80. The molecule has 74 valence electrons. The molecule has 8 heteroatoms. The summed E-state index contributed by atoms with van der Waals surface area (Å²) in [5, 5.41) is 24.8. The minimum atomic E-state index is -3.79. The molecule has 1 unspecified atom stereocenters. The van der Waals surface area contributed by atoms with E-state index < -0.39 is 34.4 Å². The lowest BCUT2D eigenvalue weighted by molar-refractivity contribution is -0.146. The van der Waals surface area contributed by atoms with Gasteiger partial charge in [-0.1, -0.05) is 0 Å². The Labute approximate surface area is 74.7 Å². The van der Waals surface area contributed by atoms with Crippen molar-refractivity contribution in [1.82, 2.24) is 4.72 Å². The number of aliphatic hydroxyl groups is 1. The van der Waals surface area contributed by atoms with Crippen molar-refractivity contribution in [3.05, 3.63) is 0 Å². The third-order valence-corrected chi connectivity index (χ3v) is 2.15. The molecule has 0 fully saturated rings. The monoisotopic (exact) mass is 208 g/mol. The number of aliphatic hydroxyl groups excluding tert-OH is 1. The maximum atomic E-state index is 10.7. The molecule has 13 heavy (non-hydrogen) atoms. The van der Waals surface area contributed by atoms with Crippen LogP contribution in [0.2, 0.25) is 0 Å². The Morgan fingerprint density at radius 3 is 2.54 bits per heavy atom. The molecule has 7 nitrogen and oxygen atoms in total. The fourth-order valence-corrected chi connectivity index (χ4v) is 1.11. The van der Waals surface area contributed by atoms with E-state index in [1.165, 1.54) is 6.07 Å². The van der Waals surface area contributed by atoms with Crippen LogP contribution < -0.4 is 4.72 Å². The number of carboxylic acids is 1. The molecule has 0 aliphatic rings. The van der Waals surface area contributed by atoms with Gasteiger partial charge in [-0.25, -0.2) is 17.9 Å². The third-order valence-electron chi connectivity index (χ3n) is 1.04. The van der Waals surface area contributed by atoms with Crippen molar-refractivity contribution < 1.29 is 23.4 Å². The molecule has 0 saturated heterocycles. The van der Waals surface area contributed by atoms with E-state index in [9.17, 15) is 13.2 Å². The van der Waals surface area contributed by atoms with Gasteiger partial charge in [0.2, 0.25) is 10.0 Å². The van der Waals surface area contributed by atoms with Crippen molar-refractivity contribution in [2.75, 3.05) is 12.3 Å². The Morgan fingerprint density at radius 1 is 1.62 bits per heavy atom. The number of hydrogen-bond donors (Lipinski definition) is 3. The van der Waals surface area contributed by atoms with Gasteiger partial charge in [-0.15, -0.1) is 0 Å². The van der Waals surface area contributed by atoms with Gasteiger partial charge >= 0.3 is 5.97 Å². The lowest BCUT2D eigenvalue weighted by Crippen LogP contribution is -2.37. The predicted molar refractivity (Wildman–Crippen MR) is 41.0 cm³/mol. The summed E-state index contributed by atoms with van der Waals surface area (Å²) in [7, 11) is -3.79. The molecule has 0 aliphatic heterocycles. The van der Waals surface area contributed by atoms with Crippen LogP contribution in [0.25, 0.3) is 0 Å². The number of sulfonamides is 1. The molecule has 0 rings (SSSR count). The zero-order valence-electron chi connectivity index (χ0n) is 6.47. The maximum Gasteiger partial charge on any atom is 0.333 e. The van der Waals surface area contributed by atoms with Gasteiger partial charge in [0.15, 0.2) is 11.9 Å². The Morgan fingerprint density at radius 2 is 2.15 bits per heavy atom. The van der Waals surface area contributed by atoms with Crippen molar-refractivity contribution >= 4 is 16.0 Å². The number of carbonyl (C=O) groups is 1. The first-order valence-electron chi connectivity index (χ1n) is 3.14. The molecular formula is C5H8N2O5S. The summed E-state index contributed by atoms with van der Waals surface area (Å²) in [4.78, 5) is 10.0.